The van der Waals surface area contributed by atoms with Gasteiger partial charge in [0, 0.05) is 24.8 Å². The van der Waals surface area contributed by atoms with Crippen LogP contribution >= 0.6 is 0 Å². The van der Waals surface area contributed by atoms with Gasteiger partial charge in [-0.3, -0.25) is 9.59 Å². The van der Waals surface area contributed by atoms with Crippen LogP contribution in [0.4, 0.5) is 21.7 Å². The number of hydrogen-bond donors (Lipinski definition) is 4. The first-order chi connectivity index (χ1) is 16.1. The van der Waals surface area contributed by atoms with Gasteiger partial charge in [-0.15, -0.1) is 0 Å². The molecule has 0 spiro atoms. The Hall–Kier alpha value is -4.26. The van der Waals surface area contributed by atoms with Gasteiger partial charge in [0.15, 0.2) is 23.1 Å². The number of carbonyl (C=O) groups is 2. The van der Waals surface area contributed by atoms with E-state index in [1.165, 1.54) is 0 Å². The molecule has 12 nitrogen and oxygen atoms in total. The quantitative estimate of drug-likeness (QED) is 0.416. The number of aromatic nitrogens is 5. The van der Waals surface area contributed by atoms with Crippen molar-refractivity contribution in [1.29, 1.82) is 0 Å². The number of pyridine rings is 1. The average molecular weight is 466 g/mol. The fourth-order valence-corrected chi connectivity index (χ4v) is 3.52. The number of amides is 2. The topological polar surface area (TPSA) is 192 Å². The van der Waals surface area contributed by atoms with Gasteiger partial charge in [-0.25, -0.2) is 29.3 Å². The standard InChI is InChI=1S/C21H23FN10O2/c1-21(25)4-7-32(8-5-21)13-3-2-6-26-18(13)31-20(34)15-16(23)27-10-12(29-15)14-11(22)9-28-19(30-14)17(24)33/h2-3,6,9-10H,4-5,7-8,25H2,1H3,(H2,23,27)(H2,24,33)(H,26,31,34). The first-order valence-corrected chi connectivity index (χ1v) is 10.4. The molecule has 0 unspecified atom stereocenters. The fourth-order valence-electron chi connectivity index (χ4n) is 3.52. The summed E-state index contributed by atoms with van der Waals surface area (Å²) in [7, 11) is 0. The Morgan fingerprint density at radius 3 is 2.59 bits per heavy atom. The second kappa shape index (κ2) is 8.94. The van der Waals surface area contributed by atoms with Crippen LogP contribution in [-0.2, 0) is 0 Å². The van der Waals surface area contributed by atoms with Crippen molar-refractivity contribution in [2.24, 2.45) is 11.5 Å². The van der Waals surface area contributed by atoms with E-state index < -0.39 is 23.5 Å². The molecule has 3 aromatic heterocycles. The van der Waals surface area contributed by atoms with E-state index in [-0.39, 0.29) is 28.4 Å². The second-order valence-corrected chi connectivity index (χ2v) is 8.21. The molecule has 1 saturated heterocycles. The number of primary amides is 1. The van der Waals surface area contributed by atoms with Crippen LogP contribution in [0.25, 0.3) is 11.4 Å². The molecule has 34 heavy (non-hydrogen) atoms. The molecule has 0 saturated carbocycles. The number of anilines is 3. The number of hydrogen-bond acceptors (Lipinski definition) is 10. The van der Waals surface area contributed by atoms with Gasteiger partial charge in [-0.2, -0.15) is 0 Å². The Balaban J connectivity index is 1.62. The summed E-state index contributed by atoms with van der Waals surface area (Å²) < 4.78 is 14.3. The van der Waals surface area contributed by atoms with Crippen LogP contribution in [0.3, 0.4) is 0 Å². The van der Waals surface area contributed by atoms with Gasteiger partial charge in [-0.05, 0) is 31.9 Å². The van der Waals surface area contributed by atoms with Crippen LogP contribution < -0.4 is 27.4 Å². The predicted molar refractivity (Wildman–Crippen MR) is 122 cm³/mol. The highest BCUT2D eigenvalue weighted by molar-refractivity contribution is 6.06. The van der Waals surface area contributed by atoms with E-state index in [4.69, 9.17) is 17.2 Å². The Labute approximate surface area is 193 Å². The lowest BCUT2D eigenvalue weighted by atomic mass is 9.91. The normalized spacial score (nSPS) is 15.1. The van der Waals surface area contributed by atoms with Gasteiger partial charge in [0.1, 0.15) is 11.4 Å². The van der Waals surface area contributed by atoms with Gasteiger partial charge in [0.2, 0.25) is 5.82 Å². The summed E-state index contributed by atoms with van der Waals surface area (Å²) in [5.74, 6) is -2.80. The van der Waals surface area contributed by atoms with Crippen LogP contribution in [0, 0.1) is 5.82 Å². The molecular weight excluding hydrogens is 443 g/mol. The van der Waals surface area contributed by atoms with Crippen molar-refractivity contribution in [3.8, 4) is 11.4 Å². The number of rotatable bonds is 5. The molecule has 0 bridgehead atoms. The van der Waals surface area contributed by atoms with E-state index in [2.05, 4.69) is 35.1 Å². The molecule has 0 aliphatic carbocycles. The highest BCUT2D eigenvalue weighted by Crippen LogP contribution is 2.29. The molecule has 4 rings (SSSR count). The van der Waals surface area contributed by atoms with Crippen molar-refractivity contribution >= 4 is 29.1 Å². The number of nitrogens with one attached hydrogen (secondary N) is 1. The molecular formula is C21H23FN10O2. The second-order valence-electron chi connectivity index (χ2n) is 8.21. The zero-order valence-electron chi connectivity index (χ0n) is 18.3. The van der Waals surface area contributed by atoms with Crippen LogP contribution in [-0.4, -0.2) is 55.4 Å². The van der Waals surface area contributed by atoms with Crippen molar-refractivity contribution in [3.05, 3.63) is 48.1 Å². The smallest absolute Gasteiger partial charge is 0.286 e. The molecule has 0 radical (unpaired) electrons. The SMILES string of the molecule is CC1(N)CCN(c2cccnc2NC(=O)c2nc(-c3nc(C(N)=O)ncc3F)cnc2N)CC1. The summed E-state index contributed by atoms with van der Waals surface area (Å²) in [6.45, 7) is 3.42. The summed E-state index contributed by atoms with van der Waals surface area (Å²) in [5, 5.41) is 2.70. The van der Waals surface area contributed by atoms with Crippen LogP contribution in [0.2, 0.25) is 0 Å². The highest BCUT2D eigenvalue weighted by atomic mass is 19.1. The van der Waals surface area contributed by atoms with Gasteiger partial charge in [0.25, 0.3) is 11.8 Å². The highest BCUT2D eigenvalue weighted by Gasteiger charge is 2.28. The molecule has 3 aromatic rings. The molecule has 1 fully saturated rings. The lowest BCUT2D eigenvalue weighted by molar-refractivity contribution is 0.0988. The van der Waals surface area contributed by atoms with E-state index in [1.54, 1.807) is 12.3 Å². The third kappa shape index (κ3) is 4.73. The van der Waals surface area contributed by atoms with E-state index in [0.29, 0.717) is 18.9 Å². The Kier molecular flexibility index (Phi) is 6.03. The zero-order chi connectivity index (χ0) is 24.5. The number of nitrogen functional groups attached to an aromatic ring is 1. The summed E-state index contributed by atoms with van der Waals surface area (Å²) in [6.07, 6.45) is 5.03. The van der Waals surface area contributed by atoms with Crippen molar-refractivity contribution in [2.45, 2.75) is 25.3 Å². The summed E-state index contributed by atoms with van der Waals surface area (Å²) >= 11 is 0. The minimum absolute atomic E-state index is 0.124. The van der Waals surface area contributed by atoms with Crippen molar-refractivity contribution in [2.75, 3.05) is 29.0 Å². The Morgan fingerprint density at radius 2 is 1.88 bits per heavy atom. The minimum Gasteiger partial charge on any atom is -0.382 e. The van der Waals surface area contributed by atoms with E-state index in [1.807, 2.05) is 13.0 Å². The molecule has 7 N–H and O–H groups in total. The maximum atomic E-state index is 14.3. The lowest BCUT2D eigenvalue weighted by Crippen LogP contribution is -2.48. The van der Waals surface area contributed by atoms with Crippen LogP contribution in [0.1, 0.15) is 40.9 Å². The van der Waals surface area contributed by atoms with Gasteiger partial charge < -0.3 is 27.4 Å². The van der Waals surface area contributed by atoms with E-state index in [0.717, 1.165) is 30.9 Å². The van der Waals surface area contributed by atoms with Crippen molar-refractivity contribution < 1.29 is 14.0 Å². The molecule has 1 aliphatic heterocycles. The third-order valence-corrected chi connectivity index (χ3v) is 5.49. The van der Waals surface area contributed by atoms with Crippen LogP contribution in [0.5, 0.6) is 0 Å². The Bertz CT molecular complexity index is 1260. The summed E-state index contributed by atoms with van der Waals surface area (Å²) in [4.78, 5) is 46.1. The van der Waals surface area contributed by atoms with Gasteiger partial charge in [0.05, 0.1) is 18.1 Å². The largest absolute Gasteiger partial charge is 0.382 e. The molecule has 176 valence electrons. The molecule has 0 aromatic carbocycles. The lowest BCUT2D eigenvalue weighted by Gasteiger charge is -2.38. The maximum Gasteiger partial charge on any atom is 0.286 e. The summed E-state index contributed by atoms with van der Waals surface area (Å²) in [5.41, 5.74) is 17.0. The maximum absolute atomic E-state index is 14.3. The molecule has 2 amide bonds. The molecule has 1 aliphatic rings. The molecule has 13 heteroatoms. The predicted octanol–water partition coefficient (Wildman–Crippen LogP) is 0.719. The first-order valence-electron chi connectivity index (χ1n) is 10.4. The number of halogens is 1. The fraction of sp³-hybridized carbons (Fsp3) is 0.286. The number of carbonyl (C=O) groups excluding carboxylic acids is 2. The van der Waals surface area contributed by atoms with Crippen molar-refractivity contribution in [3.63, 3.8) is 0 Å². The van der Waals surface area contributed by atoms with Gasteiger partial charge in [-0.1, -0.05) is 0 Å². The number of nitrogens with zero attached hydrogens (tertiary/aromatic N) is 6. The zero-order valence-corrected chi connectivity index (χ0v) is 18.3. The minimum atomic E-state index is -0.946. The van der Waals surface area contributed by atoms with Crippen molar-refractivity contribution in [1.82, 2.24) is 24.9 Å². The van der Waals surface area contributed by atoms with E-state index >= 15 is 0 Å². The molecule has 4 heterocycles. The third-order valence-electron chi connectivity index (χ3n) is 5.49. The molecule has 0 atom stereocenters. The van der Waals surface area contributed by atoms with Crippen LogP contribution in [0.15, 0.2) is 30.7 Å². The summed E-state index contributed by atoms with van der Waals surface area (Å²) in [6, 6.07) is 3.61. The van der Waals surface area contributed by atoms with E-state index in [9.17, 15) is 14.0 Å². The Morgan fingerprint density at radius 1 is 1.15 bits per heavy atom. The first kappa shape index (κ1) is 22.9. The number of nitrogens with two attached hydrogens (primary N) is 3. The number of piperidine rings is 1. The monoisotopic (exact) mass is 466 g/mol. The van der Waals surface area contributed by atoms with Gasteiger partial charge >= 0.3 is 0 Å². The average Bonchev–Trinajstić information content (AvgIpc) is 2.80.